The summed E-state index contributed by atoms with van der Waals surface area (Å²) in [6, 6.07) is 0.874. The molecule has 0 aromatic carbocycles. The van der Waals surface area contributed by atoms with Crippen molar-refractivity contribution in [3.8, 4) is 0 Å². The van der Waals surface area contributed by atoms with Gasteiger partial charge in [-0.05, 0) is 32.6 Å². The summed E-state index contributed by atoms with van der Waals surface area (Å²) >= 11 is 0. The van der Waals surface area contributed by atoms with Crippen molar-refractivity contribution in [2.45, 2.75) is 32.7 Å². The lowest BCUT2D eigenvalue weighted by Gasteiger charge is -2.28. The Balaban J connectivity index is 1.71. The quantitative estimate of drug-likeness (QED) is 0.884. The number of nitrogens with zero attached hydrogens (tertiary/aromatic N) is 3. The minimum atomic E-state index is -0.398. The fourth-order valence-corrected chi connectivity index (χ4v) is 2.59. The Kier molecular flexibility index (Phi) is 4.56. The molecule has 2 N–H and O–H groups in total. The monoisotopic (exact) mass is 321 g/mol. The molecule has 0 saturated carbocycles. The normalized spacial score (nSPS) is 17.0. The van der Waals surface area contributed by atoms with E-state index in [9.17, 15) is 4.79 Å². The number of aromatic nitrogens is 3. The number of anilines is 1. The highest BCUT2D eigenvalue weighted by atomic mass is 16.5. The van der Waals surface area contributed by atoms with Crippen molar-refractivity contribution in [1.29, 1.82) is 0 Å². The molecule has 3 heterocycles. The fourth-order valence-electron chi connectivity index (χ4n) is 2.59. The maximum absolute atomic E-state index is 12.2. The molecule has 2 aromatic heterocycles. The second-order valence-corrected chi connectivity index (χ2v) is 5.53. The first-order valence-corrected chi connectivity index (χ1v) is 7.50. The van der Waals surface area contributed by atoms with Crippen molar-refractivity contribution in [3.05, 3.63) is 23.5 Å². The number of amides is 2. The van der Waals surface area contributed by atoms with Crippen LogP contribution in [0.25, 0.3) is 0 Å². The van der Waals surface area contributed by atoms with Gasteiger partial charge >= 0.3 is 6.03 Å². The van der Waals surface area contributed by atoms with Crippen molar-refractivity contribution in [1.82, 2.24) is 20.6 Å². The van der Waals surface area contributed by atoms with Gasteiger partial charge in [0.25, 0.3) is 0 Å². The number of hydrogen-bond donors (Lipinski definition) is 2. The zero-order valence-corrected chi connectivity index (χ0v) is 13.0. The van der Waals surface area contributed by atoms with Gasteiger partial charge < -0.3 is 19.1 Å². The van der Waals surface area contributed by atoms with Crippen LogP contribution in [-0.4, -0.2) is 34.5 Å². The first-order valence-electron chi connectivity index (χ1n) is 7.50. The van der Waals surface area contributed by atoms with E-state index in [1.54, 1.807) is 19.9 Å². The van der Waals surface area contributed by atoms with E-state index in [4.69, 9.17) is 13.8 Å². The molecule has 0 spiro atoms. The van der Waals surface area contributed by atoms with Crippen LogP contribution in [0.2, 0.25) is 0 Å². The molecule has 9 nitrogen and oxygen atoms in total. The molecule has 0 unspecified atom stereocenters. The van der Waals surface area contributed by atoms with Crippen molar-refractivity contribution in [2.24, 2.45) is 5.92 Å². The third kappa shape index (κ3) is 3.86. The summed E-state index contributed by atoms with van der Waals surface area (Å²) in [5.74, 6) is 2.09. The molecule has 2 aromatic rings. The number of ether oxygens (including phenoxy) is 1. The second kappa shape index (κ2) is 6.78. The van der Waals surface area contributed by atoms with Crippen LogP contribution in [0.15, 0.2) is 15.1 Å². The highest BCUT2D eigenvalue weighted by Crippen LogP contribution is 2.29. The highest BCUT2D eigenvalue weighted by molar-refractivity contribution is 5.88. The summed E-state index contributed by atoms with van der Waals surface area (Å²) in [6.07, 6.45) is 1.63. The molecule has 2 amide bonds. The van der Waals surface area contributed by atoms with E-state index >= 15 is 0 Å². The lowest BCUT2D eigenvalue weighted by molar-refractivity contribution is 0.0506. The van der Waals surface area contributed by atoms with Gasteiger partial charge in [0.15, 0.2) is 11.6 Å². The van der Waals surface area contributed by atoms with Gasteiger partial charge in [-0.2, -0.15) is 4.98 Å². The second-order valence-electron chi connectivity index (χ2n) is 5.53. The van der Waals surface area contributed by atoms with Crippen molar-refractivity contribution in [3.63, 3.8) is 0 Å². The van der Waals surface area contributed by atoms with Gasteiger partial charge in [0.1, 0.15) is 11.8 Å². The Hall–Kier alpha value is -2.42. The Morgan fingerprint density at radius 2 is 2.04 bits per heavy atom. The molecule has 1 aliphatic rings. The zero-order chi connectivity index (χ0) is 16.2. The molecule has 23 heavy (non-hydrogen) atoms. The number of aryl methyl sites for hydroxylation is 2. The number of carbonyl (C=O) groups is 1. The number of hydrogen-bond acceptors (Lipinski definition) is 7. The van der Waals surface area contributed by atoms with Crippen LogP contribution in [0.5, 0.6) is 0 Å². The summed E-state index contributed by atoms with van der Waals surface area (Å²) < 4.78 is 15.6. The predicted octanol–water partition coefficient (Wildman–Crippen LogP) is 1.96. The maximum Gasteiger partial charge on any atom is 0.321 e. The van der Waals surface area contributed by atoms with Gasteiger partial charge in [-0.25, -0.2) is 4.79 Å². The summed E-state index contributed by atoms with van der Waals surface area (Å²) in [5, 5.41) is 13.1. The molecular weight excluding hydrogens is 302 g/mol. The SMILES string of the molecule is Cc1noc([C@H](NC(=O)Nc2cc(C)on2)C2CCOCC2)n1. The Labute approximate surface area is 132 Å². The molecule has 124 valence electrons. The van der Waals surface area contributed by atoms with Crippen LogP contribution in [-0.2, 0) is 4.74 Å². The number of urea groups is 1. The molecule has 0 aliphatic carbocycles. The lowest BCUT2D eigenvalue weighted by Crippen LogP contribution is -2.38. The maximum atomic E-state index is 12.2. The van der Waals surface area contributed by atoms with Crippen LogP contribution < -0.4 is 10.6 Å². The Morgan fingerprint density at radius 3 is 2.65 bits per heavy atom. The zero-order valence-electron chi connectivity index (χ0n) is 13.0. The van der Waals surface area contributed by atoms with E-state index < -0.39 is 6.03 Å². The standard InChI is InChI=1S/C14H19N5O4/c1-8-7-11(19-22-8)16-14(20)17-12(10-3-5-21-6-4-10)13-15-9(2)18-23-13/h7,10,12H,3-6H2,1-2H3,(H2,16,17,19,20)/t12-/m1/s1. The average molecular weight is 321 g/mol. The van der Waals surface area contributed by atoms with Crippen molar-refractivity contribution in [2.75, 3.05) is 18.5 Å². The van der Waals surface area contributed by atoms with Crippen LogP contribution >= 0.6 is 0 Å². The summed E-state index contributed by atoms with van der Waals surface area (Å²) in [6.45, 7) is 4.80. The largest absolute Gasteiger partial charge is 0.381 e. The molecule has 1 saturated heterocycles. The molecular formula is C14H19N5O4. The highest BCUT2D eigenvalue weighted by Gasteiger charge is 2.31. The summed E-state index contributed by atoms with van der Waals surface area (Å²) in [4.78, 5) is 16.5. The first kappa shape index (κ1) is 15.5. The molecule has 9 heteroatoms. The van der Waals surface area contributed by atoms with E-state index in [0.29, 0.717) is 36.5 Å². The van der Waals surface area contributed by atoms with E-state index in [-0.39, 0.29) is 12.0 Å². The van der Waals surface area contributed by atoms with Crippen LogP contribution in [0, 0.1) is 19.8 Å². The minimum absolute atomic E-state index is 0.174. The summed E-state index contributed by atoms with van der Waals surface area (Å²) in [5.41, 5.74) is 0. The molecule has 0 radical (unpaired) electrons. The van der Waals surface area contributed by atoms with Crippen LogP contribution in [0.3, 0.4) is 0 Å². The summed E-state index contributed by atoms with van der Waals surface area (Å²) in [7, 11) is 0. The Bertz CT molecular complexity index is 662. The van der Waals surface area contributed by atoms with Gasteiger partial charge in [-0.1, -0.05) is 10.3 Å². The number of rotatable bonds is 4. The van der Waals surface area contributed by atoms with Crippen molar-refractivity contribution < 1.29 is 18.6 Å². The van der Waals surface area contributed by atoms with Crippen molar-refractivity contribution >= 4 is 11.8 Å². The van der Waals surface area contributed by atoms with Gasteiger partial charge in [-0.3, -0.25) is 5.32 Å². The average Bonchev–Trinajstić information content (AvgIpc) is 3.14. The molecule has 1 atom stereocenters. The molecule has 3 rings (SSSR count). The van der Waals surface area contributed by atoms with E-state index in [0.717, 1.165) is 12.8 Å². The third-order valence-corrected chi connectivity index (χ3v) is 3.70. The smallest absolute Gasteiger partial charge is 0.321 e. The number of carbonyl (C=O) groups excluding carboxylic acids is 1. The predicted molar refractivity (Wildman–Crippen MR) is 78.7 cm³/mol. The van der Waals surface area contributed by atoms with E-state index in [1.165, 1.54) is 0 Å². The lowest BCUT2D eigenvalue weighted by atomic mass is 9.91. The van der Waals surface area contributed by atoms with Gasteiger partial charge in [-0.15, -0.1) is 0 Å². The third-order valence-electron chi connectivity index (χ3n) is 3.70. The topological polar surface area (TPSA) is 115 Å². The van der Waals surface area contributed by atoms with Gasteiger partial charge in [0.05, 0.1) is 0 Å². The minimum Gasteiger partial charge on any atom is -0.381 e. The fraction of sp³-hybridized carbons (Fsp3) is 0.571. The first-order chi connectivity index (χ1) is 11.1. The van der Waals surface area contributed by atoms with E-state index in [2.05, 4.69) is 25.9 Å². The van der Waals surface area contributed by atoms with Crippen LogP contribution in [0.4, 0.5) is 10.6 Å². The van der Waals surface area contributed by atoms with E-state index in [1.807, 2.05) is 0 Å². The molecule has 0 bridgehead atoms. The molecule has 1 aliphatic heterocycles. The number of nitrogens with one attached hydrogen (secondary N) is 2. The van der Waals surface area contributed by atoms with Gasteiger partial charge in [0.2, 0.25) is 5.89 Å². The molecule has 1 fully saturated rings. The van der Waals surface area contributed by atoms with Gasteiger partial charge in [0, 0.05) is 19.3 Å². The van der Waals surface area contributed by atoms with Crippen LogP contribution in [0.1, 0.15) is 36.4 Å². The Morgan fingerprint density at radius 1 is 1.26 bits per heavy atom.